The standard InChI is InChI=1S/C16H20N4O2S/c21-15-6-9-23-10-13(19-15)16(22)17-7-3-8-20-11-18-12-4-1-2-5-14(12)20/h1-2,4-5,11,13H,3,6-10H2,(H,17,22)(H,19,21). The van der Waals surface area contributed by atoms with Crippen molar-refractivity contribution in [3.8, 4) is 0 Å². The van der Waals surface area contributed by atoms with Crippen molar-refractivity contribution in [2.45, 2.75) is 25.4 Å². The molecular weight excluding hydrogens is 312 g/mol. The molecule has 6 nitrogen and oxygen atoms in total. The molecule has 0 spiro atoms. The van der Waals surface area contributed by atoms with Crippen molar-refractivity contribution in [1.82, 2.24) is 20.2 Å². The number of carbonyl (C=O) groups excluding carboxylic acids is 2. The highest BCUT2D eigenvalue weighted by molar-refractivity contribution is 7.99. The summed E-state index contributed by atoms with van der Waals surface area (Å²) < 4.78 is 2.09. The van der Waals surface area contributed by atoms with Gasteiger partial charge in [-0.15, -0.1) is 0 Å². The maximum atomic E-state index is 12.1. The molecule has 1 aliphatic heterocycles. The highest BCUT2D eigenvalue weighted by atomic mass is 32.2. The molecule has 1 saturated heterocycles. The Hall–Kier alpha value is -2.02. The number of thioether (sulfide) groups is 1. The number of imidazole rings is 1. The molecule has 7 heteroatoms. The Balaban J connectivity index is 1.46. The molecule has 0 aliphatic carbocycles. The van der Waals surface area contributed by atoms with Crippen LogP contribution in [0.4, 0.5) is 0 Å². The minimum Gasteiger partial charge on any atom is -0.354 e. The van der Waals surface area contributed by atoms with E-state index in [4.69, 9.17) is 0 Å². The number of nitrogens with zero attached hydrogens (tertiary/aromatic N) is 2. The third kappa shape index (κ3) is 4.04. The van der Waals surface area contributed by atoms with Gasteiger partial charge in [0.25, 0.3) is 0 Å². The van der Waals surface area contributed by atoms with Gasteiger partial charge in [0.05, 0.1) is 17.4 Å². The zero-order valence-electron chi connectivity index (χ0n) is 12.8. The van der Waals surface area contributed by atoms with Crippen LogP contribution in [0.1, 0.15) is 12.8 Å². The molecule has 2 amide bonds. The summed E-state index contributed by atoms with van der Waals surface area (Å²) in [5.74, 6) is 1.29. The van der Waals surface area contributed by atoms with Gasteiger partial charge in [0.2, 0.25) is 11.8 Å². The Kier molecular flexibility index (Phi) is 5.17. The van der Waals surface area contributed by atoms with Crippen LogP contribution in [0, 0.1) is 0 Å². The molecule has 2 N–H and O–H groups in total. The number of amides is 2. The lowest BCUT2D eigenvalue weighted by atomic mass is 10.3. The first-order chi connectivity index (χ1) is 11.2. The fraction of sp³-hybridized carbons (Fsp3) is 0.438. The quantitative estimate of drug-likeness (QED) is 0.806. The van der Waals surface area contributed by atoms with E-state index in [1.165, 1.54) is 0 Å². The minimum absolute atomic E-state index is 0.0416. The second-order valence-corrected chi connectivity index (χ2v) is 6.67. The third-order valence-corrected chi connectivity index (χ3v) is 4.87. The highest BCUT2D eigenvalue weighted by Crippen LogP contribution is 2.12. The summed E-state index contributed by atoms with van der Waals surface area (Å²) in [5.41, 5.74) is 2.08. The number of hydrogen-bond donors (Lipinski definition) is 2. The van der Waals surface area contributed by atoms with Crippen molar-refractivity contribution >= 4 is 34.6 Å². The van der Waals surface area contributed by atoms with Crippen LogP contribution in [0.3, 0.4) is 0 Å². The van der Waals surface area contributed by atoms with Gasteiger partial charge >= 0.3 is 0 Å². The summed E-state index contributed by atoms with van der Waals surface area (Å²) in [4.78, 5) is 28.0. The van der Waals surface area contributed by atoms with Crippen molar-refractivity contribution in [3.63, 3.8) is 0 Å². The van der Waals surface area contributed by atoms with E-state index >= 15 is 0 Å². The number of nitrogens with one attached hydrogen (secondary N) is 2. The first-order valence-electron chi connectivity index (χ1n) is 7.79. The molecule has 2 heterocycles. The normalized spacial score (nSPS) is 18.4. The Morgan fingerprint density at radius 1 is 1.43 bits per heavy atom. The molecular formula is C16H20N4O2S. The molecule has 1 aliphatic rings. The van der Waals surface area contributed by atoms with Gasteiger partial charge in [-0.3, -0.25) is 9.59 Å². The number of hydrogen-bond acceptors (Lipinski definition) is 4. The van der Waals surface area contributed by atoms with E-state index in [9.17, 15) is 9.59 Å². The smallest absolute Gasteiger partial charge is 0.243 e. The number of rotatable bonds is 5. The summed E-state index contributed by atoms with van der Waals surface area (Å²) in [7, 11) is 0. The fourth-order valence-electron chi connectivity index (χ4n) is 2.59. The van der Waals surface area contributed by atoms with Crippen LogP contribution in [0.2, 0.25) is 0 Å². The average molecular weight is 332 g/mol. The molecule has 1 aromatic heterocycles. The van der Waals surface area contributed by atoms with Gasteiger partial charge in [-0.25, -0.2) is 4.98 Å². The largest absolute Gasteiger partial charge is 0.354 e. The molecule has 0 radical (unpaired) electrons. The van der Waals surface area contributed by atoms with Crippen LogP contribution < -0.4 is 10.6 Å². The van der Waals surface area contributed by atoms with Crippen LogP contribution in [-0.4, -0.2) is 45.5 Å². The van der Waals surface area contributed by atoms with Gasteiger partial charge in [0.15, 0.2) is 0 Å². The number of benzene rings is 1. The van der Waals surface area contributed by atoms with E-state index in [0.717, 1.165) is 29.8 Å². The van der Waals surface area contributed by atoms with Crippen molar-refractivity contribution in [2.75, 3.05) is 18.1 Å². The van der Waals surface area contributed by atoms with E-state index in [2.05, 4.69) is 20.2 Å². The van der Waals surface area contributed by atoms with Crippen molar-refractivity contribution < 1.29 is 9.59 Å². The van der Waals surface area contributed by atoms with E-state index in [0.29, 0.717) is 18.7 Å². The summed E-state index contributed by atoms with van der Waals surface area (Å²) in [6.07, 6.45) is 3.14. The summed E-state index contributed by atoms with van der Waals surface area (Å²) >= 11 is 1.64. The lowest BCUT2D eigenvalue weighted by Gasteiger charge is -2.15. The van der Waals surface area contributed by atoms with Crippen LogP contribution in [0.15, 0.2) is 30.6 Å². The minimum atomic E-state index is -0.413. The second kappa shape index (κ2) is 7.50. The van der Waals surface area contributed by atoms with Crippen molar-refractivity contribution in [1.29, 1.82) is 0 Å². The average Bonchev–Trinajstić information content (AvgIpc) is 2.84. The topological polar surface area (TPSA) is 76.0 Å². The molecule has 122 valence electrons. The van der Waals surface area contributed by atoms with Gasteiger partial charge in [-0.05, 0) is 18.6 Å². The zero-order chi connectivity index (χ0) is 16.1. The van der Waals surface area contributed by atoms with Gasteiger partial charge in [-0.2, -0.15) is 11.8 Å². The molecule has 23 heavy (non-hydrogen) atoms. The summed E-state index contributed by atoms with van der Waals surface area (Å²) in [6.45, 7) is 1.38. The Morgan fingerprint density at radius 2 is 2.30 bits per heavy atom. The first kappa shape index (κ1) is 15.9. The molecule has 0 bridgehead atoms. The maximum absolute atomic E-state index is 12.1. The number of fused-ring (bicyclic) bond motifs is 1. The molecule has 1 fully saturated rings. The Labute approximate surface area is 139 Å². The van der Waals surface area contributed by atoms with Gasteiger partial charge < -0.3 is 15.2 Å². The van der Waals surface area contributed by atoms with Crippen LogP contribution in [0.5, 0.6) is 0 Å². The predicted octanol–water partition coefficient (Wildman–Crippen LogP) is 1.16. The van der Waals surface area contributed by atoms with Crippen LogP contribution in [0.25, 0.3) is 11.0 Å². The second-order valence-electron chi connectivity index (χ2n) is 5.52. The van der Waals surface area contributed by atoms with Gasteiger partial charge in [-0.1, -0.05) is 12.1 Å². The lowest BCUT2D eigenvalue weighted by molar-refractivity contribution is -0.128. The van der Waals surface area contributed by atoms with E-state index in [1.54, 1.807) is 11.8 Å². The van der Waals surface area contributed by atoms with Gasteiger partial charge in [0.1, 0.15) is 6.04 Å². The maximum Gasteiger partial charge on any atom is 0.243 e. The molecule has 1 unspecified atom stereocenters. The lowest BCUT2D eigenvalue weighted by Crippen LogP contribution is -2.47. The van der Waals surface area contributed by atoms with Crippen molar-refractivity contribution in [2.24, 2.45) is 0 Å². The third-order valence-electron chi connectivity index (χ3n) is 3.81. The summed E-state index contributed by atoms with van der Waals surface area (Å²) in [5, 5.41) is 5.68. The van der Waals surface area contributed by atoms with Crippen molar-refractivity contribution in [3.05, 3.63) is 30.6 Å². The van der Waals surface area contributed by atoms with Crippen LogP contribution >= 0.6 is 11.8 Å². The molecule has 0 saturated carbocycles. The number of para-hydroxylation sites is 2. The Bertz CT molecular complexity index is 700. The van der Waals surface area contributed by atoms with Gasteiger partial charge in [0, 0.05) is 31.0 Å². The summed E-state index contributed by atoms with van der Waals surface area (Å²) in [6, 6.07) is 7.58. The number of aryl methyl sites for hydroxylation is 1. The molecule has 2 aromatic rings. The van der Waals surface area contributed by atoms with Crippen LogP contribution in [-0.2, 0) is 16.1 Å². The van der Waals surface area contributed by atoms with E-state index in [-0.39, 0.29) is 11.8 Å². The zero-order valence-corrected chi connectivity index (χ0v) is 13.6. The highest BCUT2D eigenvalue weighted by Gasteiger charge is 2.22. The number of carbonyl (C=O) groups is 2. The van der Waals surface area contributed by atoms with E-state index in [1.807, 2.05) is 30.6 Å². The Morgan fingerprint density at radius 3 is 3.22 bits per heavy atom. The monoisotopic (exact) mass is 332 g/mol. The fourth-order valence-corrected chi connectivity index (χ4v) is 3.55. The number of aromatic nitrogens is 2. The predicted molar refractivity (Wildman–Crippen MR) is 91.2 cm³/mol. The van der Waals surface area contributed by atoms with E-state index < -0.39 is 6.04 Å². The molecule has 1 aromatic carbocycles. The molecule has 3 rings (SSSR count). The first-order valence-corrected chi connectivity index (χ1v) is 8.94. The molecule has 1 atom stereocenters. The SMILES string of the molecule is O=C1CCSCC(C(=O)NCCCn2cnc3ccccc32)N1.